The molecule has 0 aliphatic heterocycles. The van der Waals surface area contributed by atoms with Crippen LogP contribution in [0, 0.1) is 0 Å². The number of fused-ring (bicyclic) bond motifs is 2. The first-order chi connectivity index (χ1) is 11.3. The van der Waals surface area contributed by atoms with E-state index in [0.717, 1.165) is 27.7 Å². The smallest absolute Gasteiger partial charge is 0.232 e. The maximum Gasteiger partial charge on any atom is 0.232 e. The van der Waals surface area contributed by atoms with E-state index in [9.17, 15) is 4.79 Å². The number of aromatic nitrogens is 3. The second-order valence-corrected chi connectivity index (χ2v) is 5.40. The van der Waals surface area contributed by atoms with Crippen LogP contribution in [0.5, 0.6) is 0 Å². The third-order valence-corrected chi connectivity index (χ3v) is 3.96. The zero-order valence-electron chi connectivity index (χ0n) is 12.7. The van der Waals surface area contributed by atoms with Crippen LogP contribution in [0.2, 0.25) is 0 Å². The predicted octanol–water partition coefficient (Wildman–Crippen LogP) is 3.82. The number of hydrogen-bond donors (Lipinski definition) is 0. The number of carbonyl (C=O) groups excluding carboxylic acids is 1. The lowest BCUT2D eigenvalue weighted by atomic mass is 10.1. The maximum atomic E-state index is 12.4. The minimum Gasteiger partial charge on any atom is -0.356 e. The standard InChI is InChI=1S/C18H15N3O2/c1-2-18(22)21-15-9-5-4-8-13(15)19-17(21)11-14-12-7-3-6-10-16(12)23-20-14/h3-10H,2,11H2,1H3. The Kier molecular flexibility index (Phi) is 3.19. The third kappa shape index (κ3) is 2.21. The molecule has 4 aromatic rings. The predicted molar refractivity (Wildman–Crippen MR) is 87.5 cm³/mol. The molecular formula is C18H15N3O2. The lowest BCUT2D eigenvalue weighted by Crippen LogP contribution is -2.13. The second kappa shape index (κ2) is 5.35. The fourth-order valence-corrected chi connectivity index (χ4v) is 2.85. The molecule has 23 heavy (non-hydrogen) atoms. The molecule has 4 rings (SSSR count). The van der Waals surface area contributed by atoms with Crippen molar-refractivity contribution in [3.8, 4) is 0 Å². The number of carbonyl (C=O) groups is 1. The second-order valence-electron chi connectivity index (χ2n) is 5.40. The van der Waals surface area contributed by atoms with Gasteiger partial charge in [0.15, 0.2) is 5.58 Å². The summed E-state index contributed by atoms with van der Waals surface area (Å²) in [4.78, 5) is 17.0. The highest BCUT2D eigenvalue weighted by molar-refractivity contribution is 5.91. The number of rotatable bonds is 3. The van der Waals surface area contributed by atoms with E-state index in [-0.39, 0.29) is 5.91 Å². The molecule has 0 spiro atoms. The molecule has 114 valence electrons. The van der Waals surface area contributed by atoms with Gasteiger partial charge in [-0.2, -0.15) is 0 Å². The fraction of sp³-hybridized carbons (Fsp3) is 0.167. The Hall–Kier alpha value is -2.95. The van der Waals surface area contributed by atoms with Gasteiger partial charge in [-0.15, -0.1) is 0 Å². The molecule has 0 aliphatic rings. The number of benzene rings is 2. The van der Waals surface area contributed by atoms with Crippen LogP contribution in [0.4, 0.5) is 0 Å². The number of hydrogen-bond acceptors (Lipinski definition) is 4. The van der Waals surface area contributed by atoms with Gasteiger partial charge in [0.25, 0.3) is 0 Å². The highest BCUT2D eigenvalue weighted by atomic mass is 16.5. The van der Waals surface area contributed by atoms with E-state index in [0.29, 0.717) is 18.7 Å². The van der Waals surface area contributed by atoms with Crippen LogP contribution >= 0.6 is 0 Å². The van der Waals surface area contributed by atoms with Gasteiger partial charge in [-0.3, -0.25) is 9.36 Å². The summed E-state index contributed by atoms with van der Waals surface area (Å²) in [5.41, 5.74) is 3.19. The summed E-state index contributed by atoms with van der Waals surface area (Å²) in [7, 11) is 0. The summed E-state index contributed by atoms with van der Waals surface area (Å²) in [6.07, 6.45) is 0.879. The maximum absolute atomic E-state index is 12.4. The van der Waals surface area contributed by atoms with E-state index < -0.39 is 0 Å². The van der Waals surface area contributed by atoms with Crippen molar-refractivity contribution in [1.82, 2.24) is 14.7 Å². The highest BCUT2D eigenvalue weighted by Gasteiger charge is 2.18. The quantitative estimate of drug-likeness (QED) is 0.577. The highest BCUT2D eigenvalue weighted by Crippen LogP contribution is 2.23. The SMILES string of the molecule is CCC(=O)n1c(Cc2noc3ccccc23)nc2ccccc21. The van der Waals surface area contributed by atoms with Gasteiger partial charge in [-0.05, 0) is 24.3 Å². The van der Waals surface area contributed by atoms with E-state index in [1.54, 1.807) is 4.57 Å². The molecule has 0 saturated carbocycles. The number of imidazole rings is 1. The average Bonchev–Trinajstić information content (AvgIpc) is 3.16. The Balaban J connectivity index is 1.87. The van der Waals surface area contributed by atoms with Gasteiger partial charge in [0, 0.05) is 11.8 Å². The third-order valence-electron chi connectivity index (χ3n) is 3.96. The van der Waals surface area contributed by atoms with Gasteiger partial charge in [-0.1, -0.05) is 36.3 Å². The molecule has 0 aliphatic carbocycles. The molecule has 0 amide bonds. The van der Waals surface area contributed by atoms with Gasteiger partial charge in [0.2, 0.25) is 5.91 Å². The summed E-state index contributed by atoms with van der Waals surface area (Å²) in [5, 5.41) is 5.10. The summed E-state index contributed by atoms with van der Waals surface area (Å²) in [6.45, 7) is 1.85. The Bertz CT molecular complexity index is 1010. The van der Waals surface area contributed by atoms with Gasteiger partial charge in [0.1, 0.15) is 5.82 Å². The molecule has 5 heteroatoms. The lowest BCUT2D eigenvalue weighted by molar-refractivity contribution is 0.0910. The molecule has 2 heterocycles. The molecule has 0 N–H and O–H groups in total. The minimum atomic E-state index is 0.0292. The van der Waals surface area contributed by atoms with Crippen molar-refractivity contribution in [1.29, 1.82) is 0 Å². The van der Waals surface area contributed by atoms with E-state index in [2.05, 4.69) is 10.1 Å². The monoisotopic (exact) mass is 305 g/mol. The molecular weight excluding hydrogens is 290 g/mol. The Morgan fingerprint density at radius 2 is 1.91 bits per heavy atom. The molecule has 0 unspecified atom stereocenters. The first-order valence-corrected chi connectivity index (χ1v) is 7.60. The normalized spacial score (nSPS) is 11.3. The zero-order chi connectivity index (χ0) is 15.8. The van der Waals surface area contributed by atoms with Crippen molar-refractivity contribution in [3.05, 3.63) is 60.0 Å². The fourth-order valence-electron chi connectivity index (χ4n) is 2.85. The molecule has 2 aromatic carbocycles. The Labute approximate surface area is 132 Å². The van der Waals surface area contributed by atoms with E-state index in [4.69, 9.17) is 4.52 Å². The lowest BCUT2D eigenvalue weighted by Gasteiger charge is -2.05. The van der Waals surface area contributed by atoms with Gasteiger partial charge in [-0.25, -0.2) is 4.98 Å². The van der Waals surface area contributed by atoms with Crippen molar-refractivity contribution in [3.63, 3.8) is 0 Å². The van der Waals surface area contributed by atoms with Crippen molar-refractivity contribution in [2.24, 2.45) is 0 Å². The van der Waals surface area contributed by atoms with Crippen LogP contribution in [0.25, 0.3) is 22.0 Å². The molecule has 5 nitrogen and oxygen atoms in total. The van der Waals surface area contributed by atoms with Crippen molar-refractivity contribution < 1.29 is 9.32 Å². The van der Waals surface area contributed by atoms with Crippen LogP contribution in [-0.2, 0) is 6.42 Å². The zero-order valence-corrected chi connectivity index (χ0v) is 12.7. The summed E-state index contributed by atoms with van der Waals surface area (Å²) >= 11 is 0. The van der Waals surface area contributed by atoms with Crippen molar-refractivity contribution >= 4 is 27.9 Å². The molecule has 0 radical (unpaired) electrons. The van der Waals surface area contributed by atoms with Gasteiger partial charge < -0.3 is 4.52 Å². The van der Waals surface area contributed by atoms with Crippen molar-refractivity contribution in [2.45, 2.75) is 19.8 Å². The van der Waals surface area contributed by atoms with Crippen molar-refractivity contribution in [2.75, 3.05) is 0 Å². The molecule has 2 aromatic heterocycles. The number of nitrogens with zero attached hydrogens (tertiary/aromatic N) is 3. The van der Waals surface area contributed by atoms with Crippen LogP contribution in [0.3, 0.4) is 0 Å². The van der Waals surface area contributed by atoms with Crippen LogP contribution < -0.4 is 0 Å². The Morgan fingerprint density at radius 1 is 1.13 bits per heavy atom. The largest absolute Gasteiger partial charge is 0.356 e. The topological polar surface area (TPSA) is 60.9 Å². The van der Waals surface area contributed by atoms with Gasteiger partial charge >= 0.3 is 0 Å². The first kappa shape index (κ1) is 13.7. The first-order valence-electron chi connectivity index (χ1n) is 7.60. The molecule has 0 bridgehead atoms. The van der Waals surface area contributed by atoms with Gasteiger partial charge in [0.05, 0.1) is 23.1 Å². The van der Waals surface area contributed by atoms with E-state index in [1.807, 2.05) is 55.5 Å². The molecule has 0 fully saturated rings. The summed E-state index contributed by atoms with van der Waals surface area (Å²) in [5.74, 6) is 0.721. The van der Waals surface area contributed by atoms with E-state index in [1.165, 1.54) is 0 Å². The van der Waals surface area contributed by atoms with E-state index >= 15 is 0 Å². The summed E-state index contributed by atoms with van der Waals surface area (Å²) < 4.78 is 7.04. The van der Waals surface area contributed by atoms with Crippen LogP contribution in [-0.4, -0.2) is 20.6 Å². The summed E-state index contributed by atoms with van der Waals surface area (Å²) in [6, 6.07) is 15.4. The molecule has 0 atom stereocenters. The molecule has 0 saturated heterocycles. The van der Waals surface area contributed by atoms with Crippen LogP contribution in [0.1, 0.15) is 29.7 Å². The number of para-hydroxylation sites is 3. The average molecular weight is 305 g/mol. The van der Waals surface area contributed by atoms with Crippen LogP contribution in [0.15, 0.2) is 53.1 Å². The minimum absolute atomic E-state index is 0.0292. The Morgan fingerprint density at radius 3 is 2.78 bits per heavy atom.